The Morgan fingerprint density at radius 2 is 1.94 bits per heavy atom. The van der Waals surface area contributed by atoms with E-state index >= 15 is 0 Å². The summed E-state index contributed by atoms with van der Waals surface area (Å²) in [5.74, 6) is 1.55. The second-order valence-electron chi connectivity index (χ2n) is 3.65. The SMILES string of the molecule is COc1ccc(Nc2nc(N(C)C)ns2)cc1. The summed E-state index contributed by atoms with van der Waals surface area (Å²) in [6.45, 7) is 0. The maximum atomic E-state index is 5.10. The maximum Gasteiger partial charge on any atom is 0.238 e. The Labute approximate surface area is 104 Å². The number of nitrogens with zero attached hydrogens (tertiary/aromatic N) is 3. The molecule has 0 saturated heterocycles. The second-order valence-corrected chi connectivity index (χ2v) is 4.40. The first kappa shape index (κ1) is 11.7. The highest BCUT2D eigenvalue weighted by atomic mass is 32.1. The van der Waals surface area contributed by atoms with Gasteiger partial charge in [0.1, 0.15) is 5.75 Å². The molecule has 90 valence electrons. The van der Waals surface area contributed by atoms with Gasteiger partial charge in [0.2, 0.25) is 11.1 Å². The van der Waals surface area contributed by atoms with E-state index in [-0.39, 0.29) is 0 Å². The summed E-state index contributed by atoms with van der Waals surface area (Å²) in [5, 5.41) is 3.97. The van der Waals surface area contributed by atoms with Crippen molar-refractivity contribution in [3.63, 3.8) is 0 Å². The van der Waals surface area contributed by atoms with Crippen molar-refractivity contribution in [1.29, 1.82) is 0 Å². The molecule has 2 rings (SSSR count). The van der Waals surface area contributed by atoms with Crippen molar-refractivity contribution in [2.75, 3.05) is 31.4 Å². The Balaban J connectivity index is 2.08. The van der Waals surface area contributed by atoms with Crippen LogP contribution < -0.4 is 15.0 Å². The third kappa shape index (κ3) is 2.85. The van der Waals surface area contributed by atoms with Crippen molar-refractivity contribution in [3.8, 4) is 5.75 Å². The van der Waals surface area contributed by atoms with Crippen LogP contribution in [0.25, 0.3) is 0 Å². The topological polar surface area (TPSA) is 50.3 Å². The number of hydrogen-bond donors (Lipinski definition) is 1. The van der Waals surface area contributed by atoms with Gasteiger partial charge in [-0.2, -0.15) is 9.36 Å². The fraction of sp³-hybridized carbons (Fsp3) is 0.273. The van der Waals surface area contributed by atoms with Crippen molar-refractivity contribution in [1.82, 2.24) is 9.36 Å². The summed E-state index contributed by atoms with van der Waals surface area (Å²) < 4.78 is 9.31. The quantitative estimate of drug-likeness (QED) is 0.902. The lowest BCUT2D eigenvalue weighted by atomic mass is 10.3. The van der Waals surface area contributed by atoms with Crippen LogP contribution in [0, 0.1) is 0 Å². The van der Waals surface area contributed by atoms with E-state index in [1.165, 1.54) is 11.5 Å². The van der Waals surface area contributed by atoms with E-state index in [0.717, 1.165) is 16.6 Å². The molecule has 0 amide bonds. The van der Waals surface area contributed by atoms with Crippen molar-refractivity contribution < 1.29 is 4.74 Å². The third-order valence-corrected chi connectivity index (χ3v) is 2.78. The van der Waals surface area contributed by atoms with Crippen LogP contribution in [0.15, 0.2) is 24.3 Å². The number of ether oxygens (including phenoxy) is 1. The molecule has 0 saturated carbocycles. The van der Waals surface area contributed by atoms with Gasteiger partial charge in [-0.25, -0.2) is 0 Å². The average Bonchev–Trinajstić information content (AvgIpc) is 2.79. The Hall–Kier alpha value is -1.82. The summed E-state index contributed by atoms with van der Waals surface area (Å²) in [6.07, 6.45) is 0. The number of methoxy groups -OCH3 is 1. The van der Waals surface area contributed by atoms with Crippen LogP contribution in [-0.2, 0) is 0 Å². The molecular formula is C11H14N4OS. The molecule has 1 aromatic carbocycles. The molecule has 0 fully saturated rings. The molecule has 2 aromatic rings. The Morgan fingerprint density at radius 3 is 2.47 bits per heavy atom. The molecule has 5 nitrogen and oxygen atoms in total. The van der Waals surface area contributed by atoms with E-state index in [4.69, 9.17) is 4.74 Å². The second kappa shape index (κ2) is 5.01. The monoisotopic (exact) mass is 250 g/mol. The summed E-state index contributed by atoms with van der Waals surface area (Å²) in [4.78, 5) is 6.21. The normalized spacial score (nSPS) is 10.1. The smallest absolute Gasteiger partial charge is 0.238 e. The molecule has 1 N–H and O–H groups in total. The van der Waals surface area contributed by atoms with Gasteiger partial charge in [-0.05, 0) is 24.3 Å². The first-order chi connectivity index (χ1) is 8.19. The van der Waals surface area contributed by atoms with E-state index in [2.05, 4.69) is 14.7 Å². The van der Waals surface area contributed by atoms with Gasteiger partial charge < -0.3 is 15.0 Å². The Bertz CT molecular complexity index is 480. The number of nitrogens with one attached hydrogen (secondary N) is 1. The number of hydrogen-bond acceptors (Lipinski definition) is 6. The lowest BCUT2D eigenvalue weighted by molar-refractivity contribution is 0.415. The molecule has 1 heterocycles. The Kier molecular flexibility index (Phi) is 3.43. The molecule has 0 aliphatic rings. The molecule has 17 heavy (non-hydrogen) atoms. The average molecular weight is 250 g/mol. The van der Waals surface area contributed by atoms with Crippen LogP contribution in [0.4, 0.5) is 16.8 Å². The lowest BCUT2D eigenvalue weighted by Gasteiger charge is -2.05. The van der Waals surface area contributed by atoms with Crippen LogP contribution in [0.3, 0.4) is 0 Å². The van der Waals surface area contributed by atoms with Gasteiger partial charge in [0, 0.05) is 31.3 Å². The number of aromatic nitrogens is 2. The summed E-state index contributed by atoms with van der Waals surface area (Å²) >= 11 is 1.34. The fourth-order valence-electron chi connectivity index (χ4n) is 1.25. The number of benzene rings is 1. The van der Waals surface area contributed by atoms with Crippen LogP contribution in [0.1, 0.15) is 0 Å². The van der Waals surface area contributed by atoms with Crippen LogP contribution in [-0.4, -0.2) is 30.6 Å². The van der Waals surface area contributed by atoms with Gasteiger partial charge in [-0.1, -0.05) is 0 Å². The fourth-order valence-corrected chi connectivity index (χ4v) is 1.90. The summed E-state index contributed by atoms with van der Waals surface area (Å²) in [6, 6.07) is 7.68. The largest absolute Gasteiger partial charge is 0.497 e. The highest BCUT2D eigenvalue weighted by Crippen LogP contribution is 2.22. The molecule has 6 heteroatoms. The minimum atomic E-state index is 0.714. The molecule has 0 aliphatic carbocycles. The first-order valence-electron chi connectivity index (χ1n) is 5.11. The summed E-state index contributed by atoms with van der Waals surface area (Å²) in [7, 11) is 5.48. The van der Waals surface area contributed by atoms with Gasteiger partial charge in [0.15, 0.2) is 0 Å². The Morgan fingerprint density at radius 1 is 1.24 bits per heavy atom. The van der Waals surface area contributed by atoms with E-state index in [0.29, 0.717) is 5.95 Å². The zero-order valence-electron chi connectivity index (χ0n) is 9.97. The van der Waals surface area contributed by atoms with Crippen molar-refractivity contribution in [2.24, 2.45) is 0 Å². The number of rotatable bonds is 4. The highest BCUT2D eigenvalue weighted by Gasteiger charge is 2.05. The van der Waals surface area contributed by atoms with E-state index in [1.807, 2.05) is 43.3 Å². The predicted octanol–water partition coefficient (Wildman–Crippen LogP) is 2.36. The van der Waals surface area contributed by atoms with E-state index in [9.17, 15) is 0 Å². The molecule has 0 bridgehead atoms. The molecule has 0 aliphatic heterocycles. The zero-order chi connectivity index (χ0) is 12.3. The zero-order valence-corrected chi connectivity index (χ0v) is 10.8. The van der Waals surface area contributed by atoms with Gasteiger partial charge in [0.05, 0.1) is 7.11 Å². The maximum absolute atomic E-state index is 5.10. The lowest BCUT2D eigenvalue weighted by Crippen LogP contribution is -2.10. The van der Waals surface area contributed by atoms with Crippen LogP contribution >= 0.6 is 11.5 Å². The molecule has 0 unspecified atom stereocenters. The van der Waals surface area contributed by atoms with Crippen LogP contribution in [0.5, 0.6) is 5.75 Å². The standard InChI is InChI=1S/C11H14N4OS/c1-15(2)10-13-11(17-14-10)12-8-4-6-9(16-3)7-5-8/h4-7H,1-3H3,(H,12,13,14). The van der Waals surface area contributed by atoms with Gasteiger partial charge in [-0.3, -0.25) is 0 Å². The first-order valence-corrected chi connectivity index (χ1v) is 5.88. The molecule has 0 radical (unpaired) electrons. The third-order valence-electron chi connectivity index (χ3n) is 2.16. The highest BCUT2D eigenvalue weighted by molar-refractivity contribution is 7.10. The van der Waals surface area contributed by atoms with Crippen molar-refractivity contribution in [3.05, 3.63) is 24.3 Å². The molecular weight excluding hydrogens is 236 g/mol. The van der Waals surface area contributed by atoms with Gasteiger partial charge in [0.25, 0.3) is 0 Å². The minimum absolute atomic E-state index is 0.714. The minimum Gasteiger partial charge on any atom is -0.497 e. The predicted molar refractivity (Wildman–Crippen MR) is 70.5 cm³/mol. The van der Waals surface area contributed by atoms with E-state index in [1.54, 1.807) is 7.11 Å². The van der Waals surface area contributed by atoms with E-state index < -0.39 is 0 Å². The molecule has 0 spiro atoms. The van der Waals surface area contributed by atoms with Crippen molar-refractivity contribution in [2.45, 2.75) is 0 Å². The van der Waals surface area contributed by atoms with Gasteiger partial charge >= 0.3 is 0 Å². The van der Waals surface area contributed by atoms with Gasteiger partial charge in [-0.15, -0.1) is 0 Å². The van der Waals surface area contributed by atoms with Crippen molar-refractivity contribution >= 4 is 28.3 Å². The number of anilines is 3. The molecule has 0 atom stereocenters. The van der Waals surface area contributed by atoms with Crippen LogP contribution in [0.2, 0.25) is 0 Å². The molecule has 1 aromatic heterocycles. The summed E-state index contributed by atoms with van der Waals surface area (Å²) in [5.41, 5.74) is 0.965.